The summed E-state index contributed by atoms with van der Waals surface area (Å²) in [5.74, 6) is 2.08. The molecule has 1 fully saturated rings. The number of imidazole rings is 1. The predicted molar refractivity (Wildman–Crippen MR) is 110 cm³/mol. The molecule has 0 saturated carbocycles. The van der Waals surface area contributed by atoms with E-state index in [0.717, 1.165) is 43.0 Å². The van der Waals surface area contributed by atoms with Crippen LogP contribution in [-0.2, 0) is 11.8 Å². The van der Waals surface area contributed by atoms with Crippen molar-refractivity contribution in [2.45, 2.75) is 38.0 Å². The van der Waals surface area contributed by atoms with E-state index >= 15 is 0 Å². The molecule has 1 spiro atoms. The maximum atomic E-state index is 13.0. The van der Waals surface area contributed by atoms with Gasteiger partial charge in [0, 0.05) is 49.2 Å². The van der Waals surface area contributed by atoms with Crippen LogP contribution in [0.25, 0.3) is 5.78 Å². The summed E-state index contributed by atoms with van der Waals surface area (Å²) in [4.78, 5) is 32.8. The maximum Gasteiger partial charge on any atom is 0.274 e. The Morgan fingerprint density at radius 1 is 1.23 bits per heavy atom. The van der Waals surface area contributed by atoms with E-state index in [-0.39, 0.29) is 17.9 Å². The van der Waals surface area contributed by atoms with Crippen molar-refractivity contribution in [2.24, 2.45) is 0 Å². The molecule has 2 N–H and O–H groups in total. The van der Waals surface area contributed by atoms with Gasteiger partial charge in [-0.25, -0.2) is 19.9 Å². The van der Waals surface area contributed by atoms with Crippen molar-refractivity contribution in [2.75, 3.05) is 31.6 Å². The zero-order valence-electron chi connectivity index (χ0n) is 17.0. The van der Waals surface area contributed by atoms with Gasteiger partial charge < -0.3 is 15.3 Å². The normalized spacial score (nSPS) is 17.5. The van der Waals surface area contributed by atoms with Crippen LogP contribution in [0.2, 0.25) is 0 Å². The number of amides is 1. The molecule has 3 aromatic rings. The lowest BCUT2D eigenvalue weighted by atomic mass is 9.76. The number of aliphatic hydroxyl groups excluding tert-OH is 1. The van der Waals surface area contributed by atoms with Gasteiger partial charge in [0.15, 0.2) is 0 Å². The average molecular weight is 407 g/mol. The molecule has 9 heteroatoms. The third-order valence-electron chi connectivity index (χ3n) is 6.34. The lowest BCUT2D eigenvalue weighted by Crippen LogP contribution is -2.44. The summed E-state index contributed by atoms with van der Waals surface area (Å²) in [6.07, 6.45) is 8.98. The van der Waals surface area contributed by atoms with Gasteiger partial charge in [-0.05, 0) is 38.7 Å². The maximum absolute atomic E-state index is 13.0. The fourth-order valence-electron chi connectivity index (χ4n) is 4.79. The number of hydrogen-bond donors (Lipinski definition) is 2. The number of carbonyl (C=O) groups is 1. The van der Waals surface area contributed by atoms with Crippen LogP contribution < -0.4 is 5.32 Å². The molecule has 156 valence electrons. The lowest BCUT2D eigenvalue weighted by molar-refractivity contribution is 0.0658. The Morgan fingerprint density at radius 3 is 2.83 bits per heavy atom. The summed E-state index contributed by atoms with van der Waals surface area (Å²) in [5, 5.41) is 12.4. The highest BCUT2D eigenvalue weighted by molar-refractivity contribution is 5.92. The molecule has 2 aliphatic rings. The van der Waals surface area contributed by atoms with Gasteiger partial charge in [0.2, 0.25) is 5.78 Å². The Labute approximate surface area is 174 Å². The van der Waals surface area contributed by atoms with Gasteiger partial charge in [0.05, 0.1) is 12.3 Å². The van der Waals surface area contributed by atoms with Crippen molar-refractivity contribution >= 4 is 17.5 Å². The van der Waals surface area contributed by atoms with E-state index in [9.17, 15) is 4.79 Å². The monoisotopic (exact) mass is 407 g/mol. The van der Waals surface area contributed by atoms with Crippen molar-refractivity contribution in [3.05, 3.63) is 47.4 Å². The lowest BCUT2D eigenvalue weighted by Gasteiger charge is -2.39. The molecule has 30 heavy (non-hydrogen) atoms. The molecule has 0 atom stereocenters. The first-order valence-corrected chi connectivity index (χ1v) is 10.4. The number of fused-ring (bicyclic) bond motifs is 3. The van der Waals surface area contributed by atoms with Crippen LogP contribution in [0.5, 0.6) is 0 Å². The molecule has 4 heterocycles. The quantitative estimate of drug-likeness (QED) is 0.672. The van der Waals surface area contributed by atoms with Crippen molar-refractivity contribution in [1.82, 2.24) is 29.2 Å². The topological polar surface area (TPSA) is 109 Å². The zero-order valence-corrected chi connectivity index (χ0v) is 17.0. The average Bonchev–Trinajstić information content (AvgIpc) is 3.34. The Morgan fingerprint density at radius 2 is 2.07 bits per heavy atom. The number of rotatable bonds is 4. The van der Waals surface area contributed by atoms with Crippen LogP contribution in [-0.4, -0.2) is 66.5 Å². The third kappa shape index (κ3) is 3.09. The summed E-state index contributed by atoms with van der Waals surface area (Å²) in [7, 11) is 0. The number of nitrogens with one attached hydrogen (secondary N) is 1. The Hall–Kier alpha value is -3.07. The summed E-state index contributed by atoms with van der Waals surface area (Å²) in [5.41, 5.74) is 2.72. The Kier molecular flexibility index (Phi) is 4.62. The van der Waals surface area contributed by atoms with Crippen LogP contribution in [0.15, 0.2) is 24.7 Å². The summed E-state index contributed by atoms with van der Waals surface area (Å²) < 4.78 is 1.77. The largest absolute Gasteiger partial charge is 0.395 e. The van der Waals surface area contributed by atoms with Gasteiger partial charge in [-0.3, -0.25) is 9.20 Å². The van der Waals surface area contributed by atoms with E-state index < -0.39 is 0 Å². The number of aromatic nitrogens is 5. The minimum Gasteiger partial charge on any atom is -0.395 e. The number of piperidine rings is 1. The molecule has 1 amide bonds. The first-order valence-electron chi connectivity index (χ1n) is 10.4. The van der Waals surface area contributed by atoms with E-state index in [2.05, 4.69) is 20.3 Å². The third-order valence-corrected chi connectivity index (χ3v) is 6.34. The molecule has 5 rings (SSSR count). The molecule has 0 unspecified atom stereocenters. The van der Waals surface area contributed by atoms with Crippen LogP contribution in [0.1, 0.15) is 46.8 Å². The number of hydrogen-bond acceptors (Lipinski definition) is 7. The van der Waals surface area contributed by atoms with E-state index in [1.165, 1.54) is 5.56 Å². The number of anilines is 1. The molecule has 1 saturated heterocycles. The molecule has 0 bridgehead atoms. The van der Waals surface area contributed by atoms with Gasteiger partial charge in [-0.2, -0.15) is 0 Å². The highest BCUT2D eigenvalue weighted by atomic mass is 16.3. The highest BCUT2D eigenvalue weighted by Gasteiger charge is 2.44. The van der Waals surface area contributed by atoms with Gasteiger partial charge in [0.25, 0.3) is 5.91 Å². The second-order valence-electron chi connectivity index (χ2n) is 8.12. The fourth-order valence-corrected chi connectivity index (χ4v) is 4.79. The number of aliphatic hydroxyl groups is 1. The van der Waals surface area contributed by atoms with E-state index in [4.69, 9.17) is 10.1 Å². The molecule has 0 radical (unpaired) electrons. The van der Waals surface area contributed by atoms with E-state index in [1.54, 1.807) is 16.8 Å². The van der Waals surface area contributed by atoms with Crippen LogP contribution in [0, 0.1) is 6.92 Å². The van der Waals surface area contributed by atoms with Crippen LogP contribution in [0.4, 0.5) is 5.82 Å². The van der Waals surface area contributed by atoms with Crippen molar-refractivity contribution in [3.8, 4) is 0 Å². The Bertz CT molecular complexity index is 1070. The molecule has 3 aromatic heterocycles. The fraction of sp³-hybridized carbons (Fsp3) is 0.476. The van der Waals surface area contributed by atoms with Gasteiger partial charge >= 0.3 is 0 Å². The molecular weight excluding hydrogens is 382 g/mol. The van der Waals surface area contributed by atoms with Crippen molar-refractivity contribution < 1.29 is 9.90 Å². The highest BCUT2D eigenvalue weighted by Crippen LogP contribution is 2.47. The second-order valence-corrected chi connectivity index (χ2v) is 8.12. The van der Waals surface area contributed by atoms with Gasteiger partial charge in [-0.15, -0.1) is 0 Å². The van der Waals surface area contributed by atoms with E-state index in [1.807, 2.05) is 24.1 Å². The summed E-state index contributed by atoms with van der Waals surface area (Å²) >= 11 is 0. The molecular formula is C21H25N7O2. The van der Waals surface area contributed by atoms with Crippen molar-refractivity contribution in [3.63, 3.8) is 0 Å². The van der Waals surface area contributed by atoms with E-state index in [0.29, 0.717) is 31.1 Å². The number of carbonyl (C=O) groups excluding carboxylic acids is 1. The molecule has 1 aliphatic heterocycles. The summed E-state index contributed by atoms with van der Waals surface area (Å²) in [6, 6.07) is 1.82. The minimum atomic E-state index is -0.0438. The summed E-state index contributed by atoms with van der Waals surface area (Å²) in [6.45, 7) is 3.82. The zero-order chi connectivity index (χ0) is 20.7. The molecule has 0 aromatic carbocycles. The smallest absolute Gasteiger partial charge is 0.274 e. The first-order chi connectivity index (χ1) is 14.6. The standard InChI is InChI=1S/C21H25N7O2/c1-14-24-17-15(18(25-14)22-8-12-29)3-4-21(17)5-10-27(11-6-21)19(30)16-13-28-9-2-7-23-20(28)26-16/h2,7,9,13,29H,3-6,8,10-12H2,1H3,(H,22,24,25). The van der Waals surface area contributed by atoms with Crippen LogP contribution in [0.3, 0.4) is 0 Å². The van der Waals surface area contributed by atoms with Crippen molar-refractivity contribution in [1.29, 1.82) is 0 Å². The number of nitrogens with zero attached hydrogens (tertiary/aromatic N) is 6. The molecule has 9 nitrogen and oxygen atoms in total. The number of likely N-dealkylation sites (tertiary alicyclic amines) is 1. The first kappa shape index (κ1) is 18.9. The Balaban J connectivity index is 1.35. The van der Waals surface area contributed by atoms with Gasteiger partial charge in [-0.1, -0.05) is 0 Å². The SMILES string of the molecule is Cc1nc(NCCO)c2c(n1)C1(CC2)CCN(C(=O)c2cn3cccnc3n2)CC1. The van der Waals surface area contributed by atoms with Crippen LogP contribution >= 0.6 is 0 Å². The second kappa shape index (κ2) is 7.32. The predicted octanol–water partition coefficient (Wildman–Crippen LogP) is 1.35. The molecule has 1 aliphatic carbocycles. The number of aryl methyl sites for hydroxylation is 1. The van der Waals surface area contributed by atoms with Gasteiger partial charge in [0.1, 0.15) is 17.3 Å². The minimum absolute atomic E-state index is 0.00404.